The highest BCUT2D eigenvalue weighted by atomic mass is 16.5. The quantitative estimate of drug-likeness (QED) is 0.737. The fraction of sp³-hybridized carbons (Fsp3) is 0.632. The number of ether oxygens (including phenoxy) is 2. The molecule has 2 N–H and O–H groups in total. The molecule has 2 atom stereocenters. The number of hydrogen-bond acceptors (Lipinski definition) is 5. The van der Waals surface area contributed by atoms with Crippen molar-refractivity contribution >= 4 is 11.9 Å². The van der Waals surface area contributed by atoms with E-state index in [2.05, 4.69) is 10.3 Å². The van der Waals surface area contributed by atoms with Crippen LogP contribution in [0.5, 0.6) is 5.88 Å². The molecule has 1 saturated carbocycles. The molecular weight excluding hydrogens is 336 g/mol. The first-order valence-electron chi connectivity index (χ1n) is 9.24. The summed E-state index contributed by atoms with van der Waals surface area (Å²) in [5.74, 6) is -0.693. The maximum atomic E-state index is 12.5. The number of rotatable bonds is 8. The largest absolute Gasteiger partial charge is 0.480 e. The van der Waals surface area contributed by atoms with Crippen LogP contribution < -0.4 is 10.1 Å². The first kappa shape index (κ1) is 18.6. The number of amides is 1. The summed E-state index contributed by atoms with van der Waals surface area (Å²) in [5.41, 5.74) is -0.152. The molecular formula is C19H26N2O5. The number of nitrogens with one attached hydrogen (secondary N) is 1. The second-order valence-corrected chi connectivity index (χ2v) is 7.26. The number of aliphatic carboxylic acids is 1. The van der Waals surface area contributed by atoms with Crippen molar-refractivity contribution in [3.8, 4) is 5.88 Å². The van der Waals surface area contributed by atoms with Gasteiger partial charge < -0.3 is 19.9 Å². The van der Waals surface area contributed by atoms with E-state index >= 15 is 0 Å². The topological polar surface area (TPSA) is 97.8 Å². The molecule has 1 aliphatic heterocycles. The molecule has 7 heteroatoms. The molecule has 1 saturated heterocycles. The highest BCUT2D eigenvalue weighted by Crippen LogP contribution is 2.43. The van der Waals surface area contributed by atoms with Gasteiger partial charge in [-0.3, -0.25) is 4.79 Å². The Morgan fingerprint density at radius 1 is 1.38 bits per heavy atom. The summed E-state index contributed by atoms with van der Waals surface area (Å²) in [4.78, 5) is 28.3. The second kappa shape index (κ2) is 7.61. The van der Waals surface area contributed by atoms with Crippen LogP contribution in [0.3, 0.4) is 0 Å². The summed E-state index contributed by atoms with van der Waals surface area (Å²) in [6.07, 6.45) is 4.52. The van der Waals surface area contributed by atoms with Gasteiger partial charge >= 0.3 is 5.97 Å². The van der Waals surface area contributed by atoms with Crippen molar-refractivity contribution < 1.29 is 24.2 Å². The van der Waals surface area contributed by atoms with Crippen LogP contribution in [0.2, 0.25) is 0 Å². The predicted molar refractivity (Wildman–Crippen MR) is 94.5 cm³/mol. The zero-order valence-electron chi connectivity index (χ0n) is 15.3. The summed E-state index contributed by atoms with van der Waals surface area (Å²) in [5, 5.41) is 11.9. The van der Waals surface area contributed by atoms with Gasteiger partial charge in [-0.15, -0.1) is 0 Å². The first-order valence-corrected chi connectivity index (χ1v) is 9.24. The third-order valence-corrected chi connectivity index (χ3v) is 5.14. The number of carbonyl (C=O) groups excluding carboxylic acids is 1. The van der Waals surface area contributed by atoms with Gasteiger partial charge in [0, 0.05) is 12.2 Å². The lowest BCUT2D eigenvalue weighted by molar-refractivity contribution is -0.143. The van der Waals surface area contributed by atoms with E-state index in [4.69, 9.17) is 9.47 Å². The minimum Gasteiger partial charge on any atom is -0.480 e. The Morgan fingerprint density at radius 2 is 2.15 bits per heavy atom. The molecule has 7 nitrogen and oxygen atoms in total. The van der Waals surface area contributed by atoms with Gasteiger partial charge in [0.05, 0.1) is 6.10 Å². The lowest BCUT2D eigenvalue weighted by Crippen LogP contribution is -2.51. The van der Waals surface area contributed by atoms with Crippen LogP contribution in [0.25, 0.3) is 0 Å². The number of hydrogen-bond donors (Lipinski definition) is 2. The molecule has 2 aliphatic rings. The summed E-state index contributed by atoms with van der Waals surface area (Å²) < 4.78 is 11.5. The SMILES string of the molecule is CCC(C)(NC(=O)c1ccc(C2CC2)c(OCC2CCCO2)n1)C(=O)O. The molecule has 1 aliphatic carbocycles. The van der Waals surface area contributed by atoms with E-state index in [1.807, 2.05) is 6.07 Å². The van der Waals surface area contributed by atoms with Gasteiger partial charge in [-0.25, -0.2) is 9.78 Å². The highest BCUT2D eigenvalue weighted by molar-refractivity contribution is 5.96. The monoisotopic (exact) mass is 362 g/mol. The Balaban J connectivity index is 1.75. The molecule has 3 rings (SSSR count). The Labute approximate surface area is 153 Å². The summed E-state index contributed by atoms with van der Waals surface area (Å²) in [6, 6.07) is 3.51. The van der Waals surface area contributed by atoms with Gasteiger partial charge in [0.15, 0.2) is 0 Å². The normalized spacial score (nSPS) is 21.8. The van der Waals surface area contributed by atoms with Crippen molar-refractivity contribution in [1.29, 1.82) is 0 Å². The maximum Gasteiger partial charge on any atom is 0.329 e. The fourth-order valence-corrected chi connectivity index (χ4v) is 2.95. The molecule has 0 spiro atoms. The number of nitrogens with zero attached hydrogens (tertiary/aromatic N) is 1. The number of carboxylic acids is 1. The Bertz CT molecular complexity index is 683. The van der Waals surface area contributed by atoms with Crippen LogP contribution in [0.15, 0.2) is 12.1 Å². The fourth-order valence-electron chi connectivity index (χ4n) is 2.95. The van der Waals surface area contributed by atoms with Crippen LogP contribution >= 0.6 is 0 Å². The predicted octanol–water partition coefficient (Wildman–Crippen LogP) is 2.50. The molecule has 2 fully saturated rings. The molecule has 1 amide bonds. The van der Waals surface area contributed by atoms with Crippen molar-refractivity contribution in [1.82, 2.24) is 10.3 Å². The lowest BCUT2D eigenvalue weighted by atomic mass is 9.99. The highest BCUT2D eigenvalue weighted by Gasteiger charge is 2.34. The third kappa shape index (κ3) is 4.15. The summed E-state index contributed by atoms with van der Waals surface area (Å²) in [7, 11) is 0. The van der Waals surface area contributed by atoms with Gasteiger partial charge in [0.1, 0.15) is 17.8 Å². The minimum atomic E-state index is -1.33. The van der Waals surface area contributed by atoms with Crippen molar-refractivity contribution in [2.24, 2.45) is 0 Å². The smallest absolute Gasteiger partial charge is 0.329 e. The number of pyridine rings is 1. The van der Waals surface area contributed by atoms with Gasteiger partial charge in [0.25, 0.3) is 5.91 Å². The van der Waals surface area contributed by atoms with Gasteiger partial charge in [-0.1, -0.05) is 13.0 Å². The third-order valence-electron chi connectivity index (χ3n) is 5.14. The average molecular weight is 362 g/mol. The summed E-state index contributed by atoms with van der Waals surface area (Å²) in [6.45, 7) is 4.37. The van der Waals surface area contributed by atoms with Crippen molar-refractivity contribution in [2.45, 2.75) is 63.5 Å². The molecule has 142 valence electrons. The van der Waals surface area contributed by atoms with Crippen LogP contribution in [-0.4, -0.2) is 46.8 Å². The van der Waals surface area contributed by atoms with Crippen LogP contribution in [0, 0.1) is 0 Å². The van der Waals surface area contributed by atoms with Crippen molar-refractivity contribution in [2.75, 3.05) is 13.2 Å². The Morgan fingerprint density at radius 3 is 2.73 bits per heavy atom. The van der Waals surface area contributed by atoms with E-state index in [9.17, 15) is 14.7 Å². The standard InChI is InChI=1S/C19H26N2O5/c1-3-19(2,18(23)24)21-16(22)15-9-8-14(12-6-7-12)17(20-15)26-11-13-5-4-10-25-13/h8-9,12-13H,3-7,10-11H2,1-2H3,(H,21,22)(H,23,24). The van der Waals surface area contributed by atoms with Crippen LogP contribution in [0.4, 0.5) is 0 Å². The molecule has 2 heterocycles. The van der Waals surface area contributed by atoms with E-state index in [1.165, 1.54) is 6.92 Å². The van der Waals surface area contributed by atoms with E-state index in [0.29, 0.717) is 18.4 Å². The molecule has 0 bridgehead atoms. The number of aromatic nitrogens is 1. The van der Waals surface area contributed by atoms with Crippen LogP contribution in [0.1, 0.15) is 67.9 Å². The first-order chi connectivity index (χ1) is 12.4. The van der Waals surface area contributed by atoms with E-state index in [-0.39, 0.29) is 18.2 Å². The average Bonchev–Trinajstić information content (AvgIpc) is 3.34. The number of carbonyl (C=O) groups is 2. The van der Waals surface area contributed by atoms with E-state index in [1.54, 1.807) is 13.0 Å². The molecule has 0 aromatic carbocycles. The van der Waals surface area contributed by atoms with Crippen molar-refractivity contribution in [3.05, 3.63) is 23.4 Å². The maximum absolute atomic E-state index is 12.5. The molecule has 1 aromatic heterocycles. The zero-order chi connectivity index (χ0) is 18.7. The molecule has 1 aromatic rings. The molecule has 26 heavy (non-hydrogen) atoms. The number of carboxylic acid groups (broad SMARTS) is 1. The second-order valence-electron chi connectivity index (χ2n) is 7.26. The molecule has 2 unspecified atom stereocenters. The van der Waals surface area contributed by atoms with Gasteiger partial charge in [0.2, 0.25) is 5.88 Å². The van der Waals surface area contributed by atoms with Crippen molar-refractivity contribution in [3.63, 3.8) is 0 Å². The van der Waals surface area contributed by atoms with Crippen LogP contribution in [-0.2, 0) is 9.53 Å². The van der Waals surface area contributed by atoms with E-state index < -0.39 is 17.4 Å². The summed E-state index contributed by atoms with van der Waals surface area (Å²) >= 11 is 0. The van der Waals surface area contributed by atoms with E-state index in [0.717, 1.165) is 37.9 Å². The van der Waals surface area contributed by atoms with Gasteiger partial charge in [-0.05, 0) is 51.0 Å². The lowest BCUT2D eigenvalue weighted by Gasteiger charge is -2.24. The van der Waals surface area contributed by atoms with Gasteiger partial charge in [-0.2, -0.15) is 0 Å². The zero-order valence-corrected chi connectivity index (χ0v) is 15.3. The minimum absolute atomic E-state index is 0.0664. The Hall–Kier alpha value is -2.15. The Kier molecular flexibility index (Phi) is 5.46. The molecule has 0 radical (unpaired) electrons.